The van der Waals surface area contributed by atoms with Crippen molar-refractivity contribution < 1.29 is 13.9 Å². The second-order valence-electron chi connectivity index (χ2n) is 5.56. The molecule has 0 aromatic heterocycles. The van der Waals surface area contributed by atoms with Gasteiger partial charge in [-0.1, -0.05) is 40.2 Å². The molecule has 0 bridgehead atoms. The number of halogens is 2. The summed E-state index contributed by atoms with van der Waals surface area (Å²) in [7, 11) is 0. The fraction of sp³-hybridized carbons (Fsp3) is 0.278. The number of carbonyl (C=O) groups is 1. The molecule has 1 aliphatic heterocycles. The van der Waals surface area contributed by atoms with Gasteiger partial charge in [0.1, 0.15) is 11.9 Å². The van der Waals surface area contributed by atoms with Gasteiger partial charge in [0.2, 0.25) is 5.91 Å². The van der Waals surface area contributed by atoms with Crippen LogP contribution >= 0.6 is 15.9 Å². The molecular weight excluding hydrogens is 361 g/mol. The second kappa shape index (κ2) is 7.23. The van der Waals surface area contributed by atoms with Crippen molar-refractivity contribution in [3.05, 3.63) is 69.9 Å². The normalized spacial score (nSPS) is 18.0. The minimum Gasteiger partial charge on any atom is -0.370 e. The molecule has 1 heterocycles. The number of nitrogens with zero attached hydrogens (tertiary/aromatic N) is 1. The monoisotopic (exact) mass is 377 g/mol. The first-order chi connectivity index (χ1) is 11.1. The summed E-state index contributed by atoms with van der Waals surface area (Å²) in [5.41, 5.74) is 1.88. The molecule has 23 heavy (non-hydrogen) atoms. The van der Waals surface area contributed by atoms with E-state index in [0.29, 0.717) is 19.7 Å². The van der Waals surface area contributed by atoms with E-state index in [1.807, 2.05) is 29.2 Å². The number of morpholine rings is 1. The third-order valence-electron chi connectivity index (χ3n) is 3.91. The van der Waals surface area contributed by atoms with Crippen LogP contribution in [0, 0.1) is 5.82 Å². The van der Waals surface area contributed by atoms with Gasteiger partial charge < -0.3 is 9.64 Å². The van der Waals surface area contributed by atoms with Gasteiger partial charge in [-0.05, 0) is 35.4 Å². The summed E-state index contributed by atoms with van der Waals surface area (Å²) in [6, 6.07) is 14.0. The fourth-order valence-corrected chi connectivity index (χ4v) is 3.09. The molecule has 120 valence electrons. The Bertz CT molecular complexity index is 690. The highest BCUT2D eigenvalue weighted by Crippen LogP contribution is 2.25. The number of carbonyl (C=O) groups excluding carboxylic acids is 1. The first-order valence-electron chi connectivity index (χ1n) is 7.51. The molecule has 1 unspecified atom stereocenters. The number of amides is 1. The molecule has 1 saturated heterocycles. The zero-order valence-corrected chi connectivity index (χ0v) is 14.1. The van der Waals surface area contributed by atoms with Crippen LogP contribution in [-0.4, -0.2) is 30.5 Å². The van der Waals surface area contributed by atoms with E-state index in [4.69, 9.17) is 4.74 Å². The Hall–Kier alpha value is -1.72. The Morgan fingerprint density at radius 3 is 2.78 bits per heavy atom. The summed E-state index contributed by atoms with van der Waals surface area (Å²) in [5.74, 6) is -0.248. The van der Waals surface area contributed by atoms with Gasteiger partial charge in [0.25, 0.3) is 0 Å². The molecule has 3 rings (SSSR count). The summed E-state index contributed by atoms with van der Waals surface area (Å²) >= 11 is 3.46. The van der Waals surface area contributed by atoms with E-state index in [0.717, 1.165) is 15.6 Å². The van der Waals surface area contributed by atoms with Crippen molar-refractivity contribution in [2.45, 2.75) is 12.5 Å². The quantitative estimate of drug-likeness (QED) is 0.815. The molecule has 5 heteroatoms. The number of hydrogen-bond donors (Lipinski definition) is 0. The molecule has 2 aromatic carbocycles. The lowest BCUT2D eigenvalue weighted by Gasteiger charge is -2.33. The van der Waals surface area contributed by atoms with Gasteiger partial charge in [-0.15, -0.1) is 0 Å². The van der Waals surface area contributed by atoms with E-state index in [2.05, 4.69) is 15.9 Å². The third kappa shape index (κ3) is 4.18. The zero-order chi connectivity index (χ0) is 16.2. The van der Waals surface area contributed by atoms with Crippen LogP contribution in [-0.2, 0) is 16.0 Å². The number of hydrogen-bond acceptors (Lipinski definition) is 2. The van der Waals surface area contributed by atoms with Crippen LogP contribution in [0.4, 0.5) is 4.39 Å². The molecule has 1 aliphatic rings. The number of ether oxygens (including phenoxy) is 1. The Morgan fingerprint density at radius 2 is 2.04 bits per heavy atom. The van der Waals surface area contributed by atoms with Crippen LogP contribution < -0.4 is 0 Å². The van der Waals surface area contributed by atoms with Crippen LogP contribution in [0.3, 0.4) is 0 Å². The van der Waals surface area contributed by atoms with Crippen molar-refractivity contribution in [1.29, 1.82) is 0 Å². The molecule has 1 fully saturated rings. The third-order valence-corrected chi connectivity index (χ3v) is 4.40. The SMILES string of the molecule is O=C(Cc1ccc(F)cc1)N1CCOC(c2cccc(Br)c2)C1. The van der Waals surface area contributed by atoms with Gasteiger partial charge in [-0.2, -0.15) is 0 Å². The highest BCUT2D eigenvalue weighted by Gasteiger charge is 2.25. The van der Waals surface area contributed by atoms with Crippen molar-refractivity contribution in [3.63, 3.8) is 0 Å². The van der Waals surface area contributed by atoms with E-state index < -0.39 is 0 Å². The maximum absolute atomic E-state index is 12.9. The maximum atomic E-state index is 12.9. The molecule has 1 atom stereocenters. The largest absolute Gasteiger partial charge is 0.370 e. The van der Waals surface area contributed by atoms with Gasteiger partial charge in [0.05, 0.1) is 19.6 Å². The van der Waals surface area contributed by atoms with Gasteiger partial charge in [-0.25, -0.2) is 4.39 Å². The summed E-state index contributed by atoms with van der Waals surface area (Å²) in [5, 5.41) is 0. The van der Waals surface area contributed by atoms with Crippen LogP contribution in [0.2, 0.25) is 0 Å². The molecule has 0 radical (unpaired) electrons. The first kappa shape index (κ1) is 16.1. The smallest absolute Gasteiger partial charge is 0.227 e. The number of rotatable bonds is 3. The lowest BCUT2D eigenvalue weighted by Crippen LogP contribution is -2.43. The molecule has 0 aliphatic carbocycles. The van der Waals surface area contributed by atoms with E-state index in [1.54, 1.807) is 12.1 Å². The molecule has 3 nitrogen and oxygen atoms in total. The Kier molecular flexibility index (Phi) is 5.08. The molecular formula is C18H17BrFNO2. The van der Waals surface area contributed by atoms with Crippen LogP contribution in [0.15, 0.2) is 53.0 Å². The van der Waals surface area contributed by atoms with E-state index in [9.17, 15) is 9.18 Å². The Balaban J connectivity index is 1.65. The van der Waals surface area contributed by atoms with Crippen LogP contribution in [0.5, 0.6) is 0 Å². The number of benzene rings is 2. The summed E-state index contributed by atoms with van der Waals surface area (Å²) < 4.78 is 19.7. The molecule has 0 spiro atoms. The Labute approximate surface area is 143 Å². The molecule has 2 aromatic rings. The molecule has 0 N–H and O–H groups in total. The van der Waals surface area contributed by atoms with Crippen molar-refractivity contribution >= 4 is 21.8 Å². The Morgan fingerprint density at radius 1 is 1.26 bits per heavy atom. The standard InChI is InChI=1S/C18H17BrFNO2/c19-15-3-1-2-14(11-15)17-12-21(8-9-23-17)18(22)10-13-4-6-16(20)7-5-13/h1-7,11,17H,8-10,12H2. The van der Waals surface area contributed by atoms with Crippen molar-refractivity contribution in [2.75, 3.05) is 19.7 Å². The molecule has 0 saturated carbocycles. The predicted molar refractivity (Wildman–Crippen MR) is 89.5 cm³/mol. The second-order valence-corrected chi connectivity index (χ2v) is 6.47. The average Bonchev–Trinajstić information content (AvgIpc) is 2.57. The zero-order valence-electron chi connectivity index (χ0n) is 12.5. The first-order valence-corrected chi connectivity index (χ1v) is 8.30. The minimum atomic E-state index is -0.290. The van der Waals surface area contributed by atoms with Gasteiger partial charge in [0, 0.05) is 11.0 Å². The molecule has 1 amide bonds. The summed E-state index contributed by atoms with van der Waals surface area (Å²) in [6.45, 7) is 1.65. The van der Waals surface area contributed by atoms with Gasteiger partial charge in [-0.3, -0.25) is 4.79 Å². The maximum Gasteiger partial charge on any atom is 0.227 e. The van der Waals surface area contributed by atoms with Gasteiger partial charge in [0.15, 0.2) is 0 Å². The fourth-order valence-electron chi connectivity index (χ4n) is 2.67. The minimum absolute atomic E-state index is 0.0416. The van der Waals surface area contributed by atoms with E-state index in [-0.39, 0.29) is 24.2 Å². The van der Waals surface area contributed by atoms with Crippen molar-refractivity contribution in [1.82, 2.24) is 4.90 Å². The summed E-state index contributed by atoms with van der Waals surface area (Å²) in [6.07, 6.45) is 0.171. The van der Waals surface area contributed by atoms with E-state index >= 15 is 0 Å². The lowest BCUT2D eigenvalue weighted by molar-refractivity contribution is -0.138. The highest BCUT2D eigenvalue weighted by molar-refractivity contribution is 9.10. The van der Waals surface area contributed by atoms with Crippen molar-refractivity contribution in [3.8, 4) is 0 Å². The highest BCUT2D eigenvalue weighted by atomic mass is 79.9. The van der Waals surface area contributed by atoms with Crippen LogP contribution in [0.25, 0.3) is 0 Å². The van der Waals surface area contributed by atoms with E-state index in [1.165, 1.54) is 12.1 Å². The van der Waals surface area contributed by atoms with Crippen molar-refractivity contribution in [2.24, 2.45) is 0 Å². The van der Waals surface area contributed by atoms with Crippen LogP contribution in [0.1, 0.15) is 17.2 Å². The lowest BCUT2D eigenvalue weighted by atomic mass is 10.1. The predicted octanol–water partition coefficient (Wildman–Crippen LogP) is 3.73. The topological polar surface area (TPSA) is 29.5 Å². The summed E-state index contributed by atoms with van der Waals surface area (Å²) in [4.78, 5) is 14.3. The average molecular weight is 378 g/mol. The van der Waals surface area contributed by atoms with Gasteiger partial charge >= 0.3 is 0 Å².